The van der Waals surface area contributed by atoms with Gasteiger partial charge in [-0.3, -0.25) is 4.79 Å². The lowest BCUT2D eigenvalue weighted by molar-refractivity contribution is -0.114. The summed E-state index contributed by atoms with van der Waals surface area (Å²) in [5, 5.41) is 14.2. The van der Waals surface area contributed by atoms with Crippen molar-refractivity contribution < 1.29 is 9.18 Å². The fraction of sp³-hybridized carbons (Fsp3) is 0.0667. The van der Waals surface area contributed by atoms with Crippen LogP contribution in [-0.4, -0.2) is 12.5 Å². The third-order valence-electron chi connectivity index (χ3n) is 2.58. The number of anilines is 2. The van der Waals surface area contributed by atoms with Crippen molar-refractivity contribution in [2.75, 3.05) is 17.2 Å². The molecular weight excluding hydrogens is 257 g/mol. The van der Waals surface area contributed by atoms with Gasteiger partial charge in [-0.15, -0.1) is 0 Å². The van der Waals surface area contributed by atoms with E-state index in [4.69, 9.17) is 5.26 Å². The number of rotatable bonds is 4. The average Bonchev–Trinajstić information content (AvgIpc) is 2.46. The number of hydrogen-bond acceptors (Lipinski definition) is 3. The number of carbonyl (C=O) groups excluding carboxylic acids is 1. The van der Waals surface area contributed by atoms with E-state index in [1.807, 2.05) is 6.07 Å². The lowest BCUT2D eigenvalue weighted by Gasteiger charge is -2.07. The molecule has 0 heterocycles. The molecule has 0 spiro atoms. The number of nitrogens with zero attached hydrogens (tertiary/aromatic N) is 1. The van der Waals surface area contributed by atoms with Crippen LogP contribution in [-0.2, 0) is 4.79 Å². The minimum atomic E-state index is -0.400. The van der Waals surface area contributed by atoms with Crippen molar-refractivity contribution in [3.8, 4) is 6.07 Å². The van der Waals surface area contributed by atoms with Crippen LogP contribution >= 0.6 is 0 Å². The summed E-state index contributed by atoms with van der Waals surface area (Å²) in [5.74, 6) is -0.678. The molecule has 2 rings (SSSR count). The second-order valence-corrected chi connectivity index (χ2v) is 4.10. The van der Waals surface area contributed by atoms with Gasteiger partial charge in [0.05, 0.1) is 18.2 Å². The molecule has 100 valence electrons. The van der Waals surface area contributed by atoms with Crippen molar-refractivity contribution in [3.63, 3.8) is 0 Å². The van der Waals surface area contributed by atoms with Crippen molar-refractivity contribution in [2.45, 2.75) is 0 Å². The maximum atomic E-state index is 12.9. The summed E-state index contributed by atoms with van der Waals surface area (Å²) in [6.45, 7) is 0.0579. The number of carbonyl (C=O) groups is 1. The van der Waals surface area contributed by atoms with E-state index in [9.17, 15) is 9.18 Å². The zero-order valence-corrected chi connectivity index (χ0v) is 10.6. The fourth-order valence-electron chi connectivity index (χ4n) is 1.62. The summed E-state index contributed by atoms with van der Waals surface area (Å²) < 4.78 is 12.9. The highest BCUT2D eigenvalue weighted by Gasteiger charge is 2.03. The molecule has 0 aliphatic rings. The Balaban J connectivity index is 1.87. The summed E-state index contributed by atoms with van der Waals surface area (Å²) in [6.07, 6.45) is 0. The van der Waals surface area contributed by atoms with E-state index in [2.05, 4.69) is 10.6 Å². The van der Waals surface area contributed by atoms with Crippen LogP contribution in [0.3, 0.4) is 0 Å². The van der Waals surface area contributed by atoms with Crippen LogP contribution < -0.4 is 10.6 Å². The average molecular weight is 269 g/mol. The van der Waals surface area contributed by atoms with Gasteiger partial charge < -0.3 is 10.6 Å². The van der Waals surface area contributed by atoms with Gasteiger partial charge in [0.2, 0.25) is 5.91 Å². The molecule has 0 saturated carbocycles. The first-order chi connectivity index (χ1) is 9.67. The number of hydrogen-bond donors (Lipinski definition) is 2. The standard InChI is InChI=1S/C15H12FN3O/c16-12-2-1-3-14(8-12)19-15(20)10-18-13-6-4-11(9-17)5-7-13/h1-8,18H,10H2,(H,19,20). The normalized spacial score (nSPS) is 9.60. The molecule has 0 radical (unpaired) electrons. The minimum Gasteiger partial charge on any atom is -0.376 e. The molecule has 1 amide bonds. The molecule has 0 saturated heterocycles. The third kappa shape index (κ3) is 3.82. The van der Waals surface area contributed by atoms with Crippen LogP contribution in [0.2, 0.25) is 0 Å². The maximum absolute atomic E-state index is 12.9. The highest BCUT2D eigenvalue weighted by Crippen LogP contribution is 2.10. The van der Waals surface area contributed by atoms with Gasteiger partial charge in [-0.2, -0.15) is 5.26 Å². The Morgan fingerprint density at radius 3 is 2.55 bits per heavy atom. The maximum Gasteiger partial charge on any atom is 0.243 e. The number of benzene rings is 2. The molecule has 0 aliphatic heterocycles. The molecule has 0 atom stereocenters. The SMILES string of the molecule is N#Cc1ccc(NCC(=O)Nc2cccc(F)c2)cc1. The predicted molar refractivity (Wildman–Crippen MR) is 74.7 cm³/mol. The molecule has 2 aromatic carbocycles. The van der Waals surface area contributed by atoms with E-state index in [0.29, 0.717) is 11.3 Å². The lowest BCUT2D eigenvalue weighted by Crippen LogP contribution is -2.21. The summed E-state index contributed by atoms with van der Waals surface area (Å²) >= 11 is 0. The zero-order valence-electron chi connectivity index (χ0n) is 10.6. The first-order valence-corrected chi connectivity index (χ1v) is 5.97. The van der Waals surface area contributed by atoms with Crippen molar-refractivity contribution in [1.82, 2.24) is 0 Å². The Morgan fingerprint density at radius 2 is 1.90 bits per heavy atom. The number of nitriles is 1. The molecular formula is C15H12FN3O. The van der Waals surface area contributed by atoms with Crippen LogP contribution in [0.4, 0.5) is 15.8 Å². The topological polar surface area (TPSA) is 64.9 Å². The highest BCUT2D eigenvalue weighted by molar-refractivity contribution is 5.93. The van der Waals surface area contributed by atoms with E-state index < -0.39 is 5.82 Å². The van der Waals surface area contributed by atoms with Crippen molar-refractivity contribution in [1.29, 1.82) is 5.26 Å². The fourth-order valence-corrected chi connectivity index (χ4v) is 1.62. The highest BCUT2D eigenvalue weighted by atomic mass is 19.1. The molecule has 0 bridgehead atoms. The van der Waals surface area contributed by atoms with E-state index >= 15 is 0 Å². The van der Waals surface area contributed by atoms with Gasteiger partial charge in [-0.1, -0.05) is 6.07 Å². The molecule has 2 N–H and O–H groups in total. The van der Waals surface area contributed by atoms with Crippen LogP contribution in [0, 0.1) is 17.1 Å². The molecule has 0 unspecified atom stereocenters. The first kappa shape index (κ1) is 13.6. The molecule has 5 heteroatoms. The van der Waals surface area contributed by atoms with Crippen molar-refractivity contribution in [2.24, 2.45) is 0 Å². The van der Waals surface area contributed by atoms with Crippen molar-refractivity contribution in [3.05, 3.63) is 59.9 Å². The smallest absolute Gasteiger partial charge is 0.243 e. The Labute approximate surface area is 115 Å². The number of nitrogens with one attached hydrogen (secondary N) is 2. The largest absolute Gasteiger partial charge is 0.376 e. The second-order valence-electron chi connectivity index (χ2n) is 4.10. The first-order valence-electron chi connectivity index (χ1n) is 5.97. The third-order valence-corrected chi connectivity index (χ3v) is 2.58. The molecule has 20 heavy (non-hydrogen) atoms. The minimum absolute atomic E-state index is 0.0579. The predicted octanol–water partition coefficient (Wildman–Crippen LogP) is 2.75. The number of halogens is 1. The molecule has 0 aromatic heterocycles. The molecule has 2 aromatic rings. The Bertz CT molecular complexity index is 647. The summed E-state index contributed by atoms with van der Waals surface area (Å²) in [5.41, 5.74) is 1.70. The summed E-state index contributed by atoms with van der Waals surface area (Å²) in [6, 6.07) is 14.5. The van der Waals surface area contributed by atoms with Crippen LogP contribution in [0.1, 0.15) is 5.56 Å². The summed E-state index contributed by atoms with van der Waals surface area (Å²) in [7, 11) is 0. The lowest BCUT2D eigenvalue weighted by atomic mass is 10.2. The van der Waals surface area contributed by atoms with Gasteiger partial charge in [0.25, 0.3) is 0 Å². The number of amides is 1. The van der Waals surface area contributed by atoms with Crippen molar-refractivity contribution >= 4 is 17.3 Å². The summed E-state index contributed by atoms with van der Waals surface area (Å²) in [4.78, 5) is 11.7. The zero-order chi connectivity index (χ0) is 14.4. The van der Waals surface area contributed by atoms with Gasteiger partial charge in [0, 0.05) is 11.4 Å². The van der Waals surface area contributed by atoms with Gasteiger partial charge >= 0.3 is 0 Å². The van der Waals surface area contributed by atoms with Gasteiger partial charge in [0.1, 0.15) is 5.82 Å². The van der Waals surface area contributed by atoms with E-state index in [1.54, 1.807) is 30.3 Å². The van der Waals surface area contributed by atoms with E-state index in [1.165, 1.54) is 18.2 Å². The monoisotopic (exact) mass is 269 g/mol. The Kier molecular flexibility index (Phi) is 4.30. The van der Waals surface area contributed by atoms with Gasteiger partial charge in [-0.05, 0) is 42.5 Å². The van der Waals surface area contributed by atoms with Crippen LogP contribution in [0.15, 0.2) is 48.5 Å². The molecule has 4 nitrogen and oxygen atoms in total. The Hall–Kier alpha value is -2.87. The molecule has 0 aliphatic carbocycles. The van der Waals surface area contributed by atoms with Gasteiger partial charge in [-0.25, -0.2) is 4.39 Å². The van der Waals surface area contributed by atoms with Gasteiger partial charge in [0.15, 0.2) is 0 Å². The quantitative estimate of drug-likeness (QED) is 0.897. The van der Waals surface area contributed by atoms with E-state index in [0.717, 1.165) is 5.69 Å². The van der Waals surface area contributed by atoms with Crippen LogP contribution in [0.25, 0.3) is 0 Å². The Morgan fingerprint density at radius 1 is 1.15 bits per heavy atom. The van der Waals surface area contributed by atoms with E-state index in [-0.39, 0.29) is 12.5 Å². The van der Waals surface area contributed by atoms with Crippen LogP contribution in [0.5, 0.6) is 0 Å². The second kappa shape index (κ2) is 6.34. The molecule has 0 fully saturated rings.